The molecule has 2 unspecified atom stereocenters. The average Bonchev–Trinajstić information content (AvgIpc) is 3.74. The van der Waals surface area contributed by atoms with Crippen LogP contribution in [-0.2, 0) is 39.8 Å². The van der Waals surface area contributed by atoms with Crippen LogP contribution in [0.25, 0.3) is 11.2 Å². The van der Waals surface area contributed by atoms with E-state index >= 15 is 0 Å². The van der Waals surface area contributed by atoms with Gasteiger partial charge in [-0.05, 0) is 57.7 Å². The van der Waals surface area contributed by atoms with Gasteiger partial charge in [-0.15, -0.1) is 6.42 Å². The molecule has 0 aliphatic carbocycles. The summed E-state index contributed by atoms with van der Waals surface area (Å²) in [5.41, 5.74) is 0.719. The number of benzene rings is 1. The molecule has 0 radical (unpaired) electrons. The van der Waals surface area contributed by atoms with Crippen LogP contribution in [0, 0.1) is 18.3 Å². The number of esters is 1. The number of nitrogens with zero attached hydrogens (tertiary/aromatic N) is 5. The fourth-order valence-electron chi connectivity index (χ4n) is 6.51. The Hall–Kier alpha value is -5.47. The van der Waals surface area contributed by atoms with E-state index in [1.54, 1.807) is 18.7 Å². The zero-order chi connectivity index (χ0) is 40.6. The summed E-state index contributed by atoms with van der Waals surface area (Å²) < 4.78 is 29.8. The number of likely N-dealkylation sites (tertiary alicyclic amines) is 1. The predicted octanol–water partition coefficient (Wildman–Crippen LogP) is 4.36. The van der Waals surface area contributed by atoms with Gasteiger partial charge in [0.05, 0.1) is 6.33 Å². The summed E-state index contributed by atoms with van der Waals surface area (Å²) in [5.74, 6) is 1.31. The van der Waals surface area contributed by atoms with Gasteiger partial charge in [0.25, 0.3) is 5.56 Å². The van der Waals surface area contributed by atoms with Crippen LogP contribution in [0.4, 0.5) is 15.5 Å². The summed E-state index contributed by atoms with van der Waals surface area (Å²) in [4.78, 5) is 77.9. The number of fused-ring (bicyclic) bond motifs is 1. The van der Waals surface area contributed by atoms with E-state index in [1.807, 2.05) is 45.0 Å². The molecule has 2 fully saturated rings. The number of nitrogens with one attached hydrogen (secondary N) is 2. The van der Waals surface area contributed by atoms with Crippen molar-refractivity contribution in [3.05, 3.63) is 52.1 Å². The Bertz CT molecular complexity index is 1960. The minimum Gasteiger partial charge on any atom is -0.459 e. The summed E-state index contributed by atoms with van der Waals surface area (Å²) >= 11 is 0. The molecule has 2 aromatic heterocycles. The van der Waals surface area contributed by atoms with Crippen LogP contribution in [-0.4, -0.2) is 110 Å². The van der Waals surface area contributed by atoms with Crippen LogP contribution in [0.1, 0.15) is 84.6 Å². The molecule has 56 heavy (non-hydrogen) atoms. The topological polar surface area (TPSA) is 197 Å². The molecule has 302 valence electrons. The van der Waals surface area contributed by atoms with E-state index in [-0.39, 0.29) is 60.7 Å². The molecule has 0 saturated carbocycles. The first-order valence-electron chi connectivity index (χ1n) is 18.8. The highest BCUT2D eigenvalue weighted by Crippen LogP contribution is 2.33. The normalized spacial score (nSPS) is 19.8. The molecule has 1 aromatic carbocycles. The number of carbonyl (C=O) groups is 4. The van der Waals surface area contributed by atoms with Gasteiger partial charge in [-0.2, -0.15) is 4.98 Å². The Kier molecular flexibility index (Phi) is 13.7. The van der Waals surface area contributed by atoms with Crippen molar-refractivity contribution in [3.8, 4) is 12.3 Å². The van der Waals surface area contributed by atoms with Crippen LogP contribution in [0.2, 0.25) is 0 Å². The number of terminal acetylenes is 1. The third kappa shape index (κ3) is 11.3. The van der Waals surface area contributed by atoms with Crippen LogP contribution in [0.15, 0.2) is 35.4 Å². The molecule has 2 aliphatic heterocycles. The molecular formula is C39H51N7O10. The first kappa shape index (κ1) is 41.7. The Morgan fingerprint density at radius 2 is 1.89 bits per heavy atom. The second-order valence-electron chi connectivity index (χ2n) is 15.2. The molecule has 4 atom stereocenters. The van der Waals surface area contributed by atoms with Gasteiger partial charge in [0.15, 0.2) is 11.2 Å². The van der Waals surface area contributed by atoms with E-state index in [9.17, 15) is 24.0 Å². The van der Waals surface area contributed by atoms with Gasteiger partial charge >= 0.3 is 18.2 Å². The second-order valence-corrected chi connectivity index (χ2v) is 15.2. The number of rotatable bonds is 13. The number of hydrogen-bond acceptors (Lipinski definition) is 13. The molecule has 0 spiro atoms. The van der Waals surface area contributed by atoms with Gasteiger partial charge in [0.2, 0.25) is 11.9 Å². The van der Waals surface area contributed by atoms with Gasteiger partial charge in [0, 0.05) is 57.0 Å². The number of hydrogen-bond donors (Lipinski definition) is 2. The van der Waals surface area contributed by atoms with E-state index in [1.165, 1.54) is 17.8 Å². The van der Waals surface area contributed by atoms with Crippen molar-refractivity contribution in [2.24, 2.45) is 5.92 Å². The molecule has 2 N–H and O–H groups in total. The Morgan fingerprint density at radius 1 is 1.14 bits per heavy atom. The van der Waals surface area contributed by atoms with E-state index in [0.717, 1.165) is 30.4 Å². The number of aromatic nitrogens is 4. The molecule has 17 heteroatoms. The fourth-order valence-corrected chi connectivity index (χ4v) is 6.51. The SMILES string of the molecule is C#Cc1ccc(CN(CCOC(=O)OC[C@H]2O[C@@H](n3cnc4c(=O)[nH]c(NC(=O)C(C)C)nc43)CC2OC(C)=O)CC2CCCCN2C(=O)OC(C)(C)C)cc1. The van der Waals surface area contributed by atoms with Crippen molar-refractivity contribution in [3.63, 3.8) is 0 Å². The second kappa shape index (κ2) is 18.4. The third-order valence-electron chi connectivity index (χ3n) is 9.25. The van der Waals surface area contributed by atoms with Gasteiger partial charge in [0.1, 0.15) is 37.3 Å². The van der Waals surface area contributed by atoms with E-state index in [0.29, 0.717) is 26.2 Å². The first-order chi connectivity index (χ1) is 26.6. The highest BCUT2D eigenvalue weighted by Gasteiger charge is 2.40. The summed E-state index contributed by atoms with van der Waals surface area (Å²) in [6.07, 6.45) is 5.90. The summed E-state index contributed by atoms with van der Waals surface area (Å²) in [6, 6.07) is 7.52. The lowest BCUT2D eigenvalue weighted by molar-refractivity contribution is -0.150. The molecule has 2 aliphatic rings. The van der Waals surface area contributed by atoms with Gasteiger partial charge < -0.3 is 28.6 Å². The number of aromatic amines is 1. The molecule has 2 amide bonds. The minimum atomic E-state index is -0.947. The molecule has 5 rings (SSSR count). The van der Waals surface area contributed by atoms with Crippen LogP contribution < -0.4 is 10.9 Å². The highest BCUT2D eigenvalue weighted by atomic mass is 16.7. The summed E-state index contributed by atoms with van der Waals surface area (Å²) in [5, 5.41) is 2.57. The zero-order valence-electron chi connectivity index (χ0n) is 32.7. The molecule has 4 heterocycles. The monoisotopic (exact) mass is 777 g/mol. The Balaban J connectivity index is 1.21. The van der Waals surface area contributed by atoms with E-state index in [4.69, 9.17) is 30.1 Å². The summed E-state index contributed by atoms with van der Waals surface area (Å²) in [6.45, 7) is 11.8. The third-order valence-corrected chi connectivity index (χ3v) is 9.25. The number of piperidine rings is 1. The van der Waals surface area contributed by atoms with Crippen LogP contribution in [0.5, 0.6) is 0 Å². The van der Waals surface area contributed by atoms with Crippen molar-refractivity contribution in [2.75, 3.05) is 38.2 Å². The van der Waals surface area contributed by atoms with E-state index in [2.05, 4.69) is 31.1 Å². The fraction of sp³-hybridized carbons (Fsp3) is 0.564. The highest BCUT2D eigenvalue weighted by molar-refractivity contribution is 5.91. The molecule has 3 aromatic rings. The Labute approximate surface area is 325 Å². The maximum atomic E-state index is 13.1. The number of ether oxygens (including phenoxy) is 5. The lowest BCUT2D eigenvalue weighted by Crippen LogP contribution is -2.51. The van der Waals surface area contributed by atoms with E-state index < -0.39 is 41.7 Å². The number of imidazole rings is 1. The van der Waals surface area contributed by atoms with Gasteiger partial charge in [-0.1, -0.05) is 31.9 Å². The molecule has 0 bridgehead atoms. The summed E-state index contributed by atoms with van der Waals surface area (Å²) in [7, 11) is 0. The average molecular weight is 778 g/mol. The molecular weight excluding hydrogens is 726 g/mol. The van der Waals surface area contributed by atoms with Crippen molar-refractivity contribution in [1.82, 2.24) is 29.3 Å². The largest absolute Gasteiger partial charge is 0.508 e. The molecule has 2 saturated heterocycles. The van der Waals surface area contributed by atoms with Gasteiger partial charge in [-0.3, -0.25) is 34.2 Å². The quantitative estimate of drug-likeness (QED) is 0.141. The van der Waals surface area contributed by atoms with Crippen LogP contribution >= 0.6 is 0 Å². The maximum absolute atomic E-state index is 13.1. The van der Waals surface area contributed by atoms with Crippen molar-refractivity contribution >= 4 is 41.2 Å². The standard InChI is InChI=1S/C39H51N7O10/c1-8-26-12-14-27(15-13-26)20-44(21-28-11-9-10-16-45(28)37(50)56-39(5,6)7)17-18-52-38(51)53-22-30-29(54-25(4)47)19-31(55-30)46-23-40-32-33(46)41-36(43-35(32)49)42-34(48)24(2)3/h1,12-15,23-24,28-31H,9-11,16-22H2,2-7H3,(H2,41,42,43,48,49)/t28?,29?,30-,31-/m1/s1. The van der Waals surface area contributed by atoms with Crippen molar-refractivity contribution in [2.45, 2.75) is 104 Å². The lowest BCUT2D eigenvalue weighted by atomic mass is 10.0. The zero-order valence-corrected chi connectivity index (χ0v) is 32.7. The Morgan fingerprint density at radius 3 is 2.57 bits per heavy atom. The number of anilines is 1. The first-order valence-corrected chi connectivity index (χ1v) is 18.8. The number of carbonyl (C=O) groups excluding carboxylic acids is 4. The minimum absolute atomic E-state index is 0.0150. The number of H-pyrrole nitrogens is 1. The maximum Gasteiger partial charge on any atom is 0.508 e. The van der Waals surface area contributed by atoms with Gasteiger partial charge in [-0.25, -0.2) is 14.6 Å². The predicted molar refractivity (Wildman–Crippen MR) is 203 cm³/mol. The lowest BCUT2D eigenvalue weighted by Gasteiger charge is -2.39. The molecule has 17 nitrogen and oxygen atoms in total. The smallest absolute Gasteiger partial charge is 0.459 e. The number of amides is 2. The van der Waals surface area contributed by atoms with Crippen molar-refractivity contribution < 1.29 is 42.9 Å². The van der Waals surface area contributed by atoms with Crippen molar-refractivity contribution in [1.29, 1.82) is 0 Å². The van der Waals surface area contributed by atoms with Crippen LogP contribution in [0.3, 0.4) is 0 Å².